The summed E-state index contributed by atoms with van der Waals surface area (Å²) in [6.07, 6.45) is -1.04. The van der Waals surface area contributed by atoms with Crippen molar-refractivity contribution in [3.63, 3.8) is 0 Å². The smallest absolute Gasteiger partial charge is 0.359 e. The van der Waals surface area contributed by atoms with E-state index in [0.29, 0.717) is 10.6 Å². The lowest BCUT2D eigenvalue weighted by atomic mass is 9.95. The molecular weight excluding hydrogens is 508 g/mol. The van der Waals surface area contributed by atoms with Gasteiger partial charge < -0.3 is 29.4 Å². The first-order chi connectivity index (χ1) is 14.4. The number of halogens is 1. The van der Waals surface area contributed by atoms with Crippen molar-refractivity contribution in [3.8, 4) is 0 Å². The first-order valence-electron chi connectivity index (χ1n) is 7.97. The number of hydrogen-bond donors (Lipinski definition) is 6. The van der Waals surface area contributed by atoms with E-state index in [9.17, 15) is 33.3 Å². The highest BCUT2D eigenvalue weighted by Crippen LogP contribution is 2.66. The first kappa shape index (κ1) is 26.7. The van der Waals surface area contributed by atoms with Gasteiger partial charge in [0.05, 0.1) is 13.0 Å². The quantitative estimate of drug-likeness (QED) is 0.177. The zero-order valence-corrected chi connectivity index (χ0v) is 18.2. The minimum Gasteiger partial charge on any atom is -0.359 e. The lowest BCUT2D eigenvalue weighted by Crippen LogP contribution is -2.49. The van der Waals surface area contributed by atoms with Crippen LogP contribution in [0.5, 0.6) is 0 Å². The molecule has 32 heavy (non-hydrogen) atoms. The summed E-state index contributed by atoms with van der Waals surface area (Å²) in [4.78, 5) is 60.7. The number of nitrogens with one attached hydrogen (secondary N) is 1. The molecule has 5 atom stereocenters. The number of H-pyrrole nitrogens is 1. The Morgan fingerprint density at radius 1 is 1.28 bits per heavy atom. The molecule has 2 rings (SSSR count). The van der Waals surface area contributed by atoms with Crippen LogP contribution in [0.3, 0.4) is 0 Å². The SMILES string of the molecule is C=C=C[C@]1(COP(=O)(O)OP(=O)(O)OP(=O)(O)O)O[C@@H](n2ccc(=O)[nH]c2=O)C[C@@]1(O)F. The molecule has 0 radical (unpaired) electrons. The van der Waals surface area contributed by atoms with Gasteiger partial charge in [0, 0.05) is 12.3 Å². The second-order valence-electron chi connectivity index (χ2n) is 6.16. The van der Waals surface area contributed by atoms with E-state index in [1.54, 1.807) is 0 Å². The molecule has 1 aliphatic rings. The van der Waals surface area contributed by atoms with Crippen LogP contribution in [0.1, 0.15) is 12.6 Å². The van der Waals surface area contributed by atoms with Crippen molar-refractivity contribution in [2.45, 2.75) is 24.1 Å². The van der Waals surface area contributed by atoms with Gasteiger partial charge in [-0.3, -0.25) is 18.9 Å². The number of aromatic amines is 1. The van der Waals surface area contributed by atoms with E-state index >= 15 is 4.39 Å². The van der Waals surface area contributed by atoms with Crippen LogP contribution in [0, 0.1) is 0 Å². The number of phosphoric ester groups is 1. The highest BCUT2D eigenvalue weighted by Gasteiger charge is 2.61. The molecule has 0 amide bonds. The fraction of sp³-hybridized carbons (Fsp3) is 0.417. The van der Waals surface area contributed by atoms with E-state index in [0.717, 1.165) is 12.3 Å². The molecule has 20 heteroatoms. The molecule has 180 valence electrons. The molecule has 0 spiro atoms. The number of alkyl halides is 1. The molecule has 2 heterocycles. The van der Waals surface area contributed by atoms with E-state index in [1.807, 2.05) is 10.7 Å². The van der Waals surface area contributed by atoms with Gasteiger partial charge in [-0.1, -0.05) is 6.58 Å². The van der Waals surface area contributed by atoms with Crippen molar-refractivity contribution < 1.29 is 60.6 Å². The third kappa shape index (κ3) is 6.50. The largest absolute Gasteiger partial charge is 0.490 e. The van der Waals surface area contributed by atoms with Crippen LogP contribution in [0.4, 0.5) is 4.39 Å². The van der Waals surface area contributed by atoms with Crippen molar-refractivity contribution in [2.24, 2.45) is 0 Å². The minimum atomic E-state index is -5.85. The van der Waals surface area contributed by atoms with Gasteiger partial charge in [-0.2, -0.15) is 8.62 Å². The number of nitrogens with zero attached hydrogens (tertiary/aromatic N) is 1. The molecule has 16 nitrogen and oxygen atoms in total. The van der Waals surface area contributed by atoms with Gasteiger partial charge in [-0.25, -0.2) is 22.9 Å². The van der Waals surface area contributed by atoms with Gasteiger partial charge in [-0.05, 0) is 6.08 Å². The van der Waals surface area contributed by atoms with Crippen LogP contribution in [0.15, 0.2) is 40.2 Å². The van der Waals surface area contributed by atoms with Gasteiger partial charge >= 0.3 is 29.2 Å². The molecule has 2 unspecified atom stereocenters. The number of hydrogen-bond acceptors (Lipinski definition) is 10. The molecule has 6 N–H and O–H groups in total. The molecule has 0 aliphatic carbocycles. The molecule has 0 aromatic carbocycles. The Morgan fingerprint density at radius 3 is 2.44 bits per heavy atom. The van der Waals surface area contributed by atoms with Crippen LogP contribution >= 0.6 is 23.5 Å². The van der Waals surface area contributed by atoms with E-state index in [2.05, 4.69) is 19.7 Å². The second kappa shape index (κ2) is 9.01. The predicted molar refractivity (Wildman–Crippen MR) is 98.4 cm³/mol. The Hall–Kier alpha value is -1.54. The van der Waals surface area contributed by atoms with E-state index in [4.69, 9.17) is 19.4 Å². The Morgan fingerprint density at radius 2 is 1.91 bits per heavy atom. The van der Waals surface area contributed by atoms with Crippen LogP contribution in [-0.4, -0.2) is 52.3 Å². The third-order valence-electron chi connectivity index (χ3n) is 3.79. The Labute approximate surface area is 176 Å². The van der Waals surface area contributed by atoms with Crippen molar-refractivity contribution in [2.75, 3.05) is 6.61 Å². The monoisotopic (exact) mass is 524 g/mol. The molecule has 1 saturated heterocycles. The van der Waals surface area contributed by atoms with E-state index < -0.39 is 65.4 Å². The van der Waals surface area contributed by atoms with Gasteiger partial charge in [0.25, 0.3) is 5.56 Å². The summed E-state index contributed by atoms with van der Waals surface area (Å²) >= 11 is 0. The van der Waals surface area contributed by atoms with E-state index in [-0.39, 0.29) is 0 Å². The number of aromatic nitrogens is 2. The van der Waals surface area contributed by atoms with Crippen molar-refractivity contribution >= 4 is 23.5 Å². The summed E-state index contributed by atoms with van der Waals surface area (Å²) in [7, 11) is -17.2. The third-order valence-corrected chi connectivity index (χ3v) is 7.58. The topological polar surface area (TPSA) is 244 Å². The summed E-state index contributed by atoms with van der Waals surface area (Å²) in [5.41, 5.74) is -2.48. The maximum atomic E-state index is 15.0. The molecule has 0 bridgehead atoms. The number of rotatable bonds is 9. The minimum absolute atomic E-state index is 0.619. The van der Waals surface area contributed by atoms with E-state index in [1.165, 1.54) is 0 Å². The standard InChI is InChI=1S/C12H16FN2O14P3/c1-2-4-11(7-26-31(22,23)29-32(24,25)28-30(19,20)21)12(13,18)6-9(27-11)15-5-3-8(16)14-10(15)17/h3-5,9,18H,1,6-7H2,(H,22,23)(H,24,25)(H,14,16,17)(H2,19,20,21)/t9-,11-,12+/m1/s1. The fourth-order valence-electron chi connectivity index (χ4n) is 2.56. The summed E-state index contributed by atoms with van der Waals surface area (Å²) in [6.45, 7) is 1.71. The normalized spacial score (nSPS) is 29.6. The van der Waals surface area contributed by atoms with Crippen LogP contribution < -0.4 is 11.2 Å². The van der Waals surface area contributed by atoms with Gasteiger partial charge in [0.15, 0.2) is 5.60 Å². The molecule has 0 saturated carbocycles. The summed E-state index contributed by atoms with van der Waals surface area (Å²) in [5, 5.41) is 10.2. The zero-order chi connectivity index (χ0) is 24.6. The fourth-order valence-corrected chi connectivity index (χ4v) is 5.61. The maximum absolute atomic E-state index is 15.0. The summed E-state index contributed by atoms with van der Waals surface area (Å²) < 4.78 is 66.3. The lowest BCUT2D eigenvalue weighted by Gasteiger charge is -2.32. The highest BCUT2D eigenvalue weighted by molar-refractivity contribution is 7.66. The molecule has 1 aromatic heterocycles. The van der Waals surface area contributed by atoms with Crippen LogP contribution in [0.2, 0.25) is 0 Å². The Kier molecular flexibility index (Phi) is 7.52. The maximum Gasteiger partial charge on any atom is 0.490 e. The lowest BCUT2D eigenvalue weighted by molar-refractivity contribution is -0.191. The van der Waals surface area contributed by atoms with Gasteiger partial charge in [0.1, 0.15) is 6.23 Å². The van der Waals surface area contributed by atoms with Crippen molar-refractivity contribution in [1.29, 1.82) is 0 Å². The van der Waals surface area contributed by atoms with Gasteiger partial charge in [0.2, 0.25) is 5.85 Å². The number of phosphoric acid groups is 3. The first-order valence-corrected chi connectivity index (χ1v) is 12.5. The molecule has 1 fully saturated rings. The molecular formula is C12H16FN2O14P3. The average Bonchev–Trinajstić information content (AvgIpc) is 2.81. The van der Waals surface area contributed by atoms with Crippen molar-refractivity contribution in [1.82, 2.24) is 9.55 Å². The average molecular weight is 524 g/mol. The van der Waals surface area contributed by atoms with Crippen molar-refractivity contribution in [3.05, 3.63) is 51.5 Å². The second-order valence-corrected chi connectivity index (χ2v) is 10.6. The van der Waals surface area contributed by atoms with Crippen LogP contribution in [0.25, 0.3) is 0 Å². The summed E-state index contributed by atoms with van der Waals surface area (Å²) in [6, 6.07) is 0.886. The summed E-state index contributed by atoms with van der Waals surface area (Å²) in [5.74, 6) is -3.43. The number of ether oxygens (including phenoxy) is 1. The zero-order valence-electron chi connectivity index (χ0n) is 15.5. The molecule has 1 aromatic rings. The number of aliphatic hydroxyl groups is 1. The predicted octanol–water partition coefficient (Wildman–Crippen LogP) is -0.463. The Bertz CT molecular complexity index is 1180. The van der Waals surface area contributed by atoms with Gasteiger partial charge in [-0.15, -0.1) is 5.73 Å². The Balaban J connectivity index is 2.29. The highest BCUT2D eigenvalue weighted by atomic mass is 31.3. The van der Waals surface area contributed by atoms with Crippen LogP contribution in [-0.2, 0) is 31.6 Å². The molecule has 1 aliphatic heterocycles.